The molecular weight excluding hydrogens is 432 g/mol. The van der Waals surface area contributed by atoms with Crippen molar-refractivity contribution in [1.82, 2.24) is 5.32 Å². The van der Waals surface area contributed by atoms with Gasteiger partial charge in [0, 0.05) is 6.42 Å². The van der Waals surface area contributed by atoms with Gasteiger partial charge >= 0.3 is 18.3 Å². The number of rotatable bonds is 6. The molecule has 2 N–H and O–H groups in total. The number of halogens is 6. The lowest BCUT2D eigenvalue weighted by molar-refractivity contribution is -0.147. The van der Waals surface area contributed by atoms with Crippen LogP contribution in [0.1, 0.15) is 28.4 Å². The highest BCUT2D eigenvalue weighted by molar-refractivity contribution is 5.87. The van der Waals surface area contributed by atoms with Gasteiger partial charge in [-0.2, -0.15) is 26.3 Å². The number of ether oxygens (including phenoxy) is 1. The molecule has 0 saturated carbocycles. The second kappa shape index (κ2) is 9.38. The number of benzene rings is 2. The molecule has 31 heavy (non-hydrogen) atoms. The Kier molecular flexibility index (Phi) is 7.32. The minimum absolute atomic E-state index is 0.204. The van der Waals surface area contributed by atoms with Crippen LogP contribution in [-0.2, 0) is 33.1 Å². The molecule has 0 aliphatic rings. The maximum absolute atomic E-state index is 13.2. The third kappa shape index (κ3) is 6.20. The van der Waals surface area contributed by atoms with Gasteiger partial charge in [0.25, 0.3) is 5.91 Å². The Labute approximate surface area is 172 Å². The third-order valence-corrected chi connectivity index (χ3v) is 4.35. The monoisotopic (exact) mass is 449 g/mol. The van der Waals surface area contributed by atoms with Crippen LogP contribution >= 0.6 is 0 Å². The molecule has 168 valence electrons. The van der Waals surface area contributed by atoms with Crippen LogP contribution in [0.4, 0.5) is 26.3 Å². The van der Waals surface area contributed by atoms with E-state index in [2.05, 4.69) is 10.1 Å². The number of hydrogen-bond acceptors (Lipinski definition) is 4. The van der Waals surface area contributed by atoms with E-state index in [0.29, 0.717) is 12.1 Å². The normalized spacial score (nSPS) is 13.9. The van der Waals surface area contributed by atoms with E-state index in [1.54, 1.807) is 0 Å². The van der Waals surface area contributed by atoms with Crippen LogP contribution < -0.4 is 5.32 Å². The first-order valence-corrected chi connectivity index (χ1v) is 8.73. The Hall–Kier alpha value is -3.08. The van der Waals surface area contributed by atoms with Crippen LogP contribution in [0.25, 0.3) is 0 Å². The molecule has 2 rings (SSSR count). The molecule has 0 bridgehead atoms. The van der Waals surface area contributed by atoms with Crippen molar-refractivity contribution < 1.29 is 45.8 Å². The van der Waals surface area contributed by atoms with Gasteiger partial charge in [0.2, 0.25) is 0 Å². The molecule has 0 aliphatic heterocycles. The van der Waals surface area contributed by atoms with Crippen LogP contribution in [0.2, 0.25) is 0 Å². The van der Waals surface area contributed by atoms with Crippen molar-refractivity contribution in [2.45, 2.75) is 30.9 Å². The third-order valence-electron chi connectivity index (χ3n) is 4.35. The lowest BCUT2D eigenvalue weighted by atomic mass is 9.99. The lowest BCUT2D eigenvalue weighted by Gasteiger charge is -2.21. The Morgan fingerprint density at radius 3 is 2.06 bits per heavy atom. The summed E-state index contributed by atoms with van der Waals surface area (Å²) in [6.45, 7) is 0. The molecule has 5 nitrogen and oxygen atoms in total. The van der Waals surface area contributed by atoms with Crippen molar-refractivity contribution in [3.8, 4) is 0 Å². The van der Waals surface area contributed by atoms with Gasteiger partial charge < -0.3 is 15.2 Å². The Balaban J connectivity index is 2.21. The van der Waals surface area contributed by atoms with E-state index >= 15 is 0 Å². The SMILES string of the molecule is COC(=O)[C@H](Cc1ccccc1C(F)(F)F)NC(=O)[C@@H](O)c1ccc(C(F)(F)F)cc1. The maximum Gasteiger partial charge on any atom is 0.416 e. The zero-order valence-electron chi connectivity index (χ0n) is 15.9. The minimum Gasteiger partial charge on any atom is -0.467 e. The molecule has 0 spiro atoms. The van der Waals surface area contributed by atoms with E-state index in [4.69, 9.17) is 0 Å². The summed E-state index contributed by atoms with van der Waals surface area (Å²) < 4.78 is 82.0. The fraction of sp³-hybridized carbons (Fsp3) is 0.300. The fourth-order valence-electron chi connectivity index (χ4n) is 2.79. The van der Waals surface area contributed by atoms with Crippen molar-refractivity contribution in [2.24, 2.45) is 0 Å². The van der Waals surface area contributed by atoms with E-state index in [9.17, 15) is 41.0 Å². The number of methoxy groups -OCH3 is 1. The van der Waals surface area contributed by atoms with Crippen molar-refractivity contribution in [2.75, 3.05) is 7.11 Å². The second-order valence-electron chi connectivity index (χ2n) is 6.47. The molecule has 0 aromatic heterocycles. The average Bonchev–Trinajstić information content (AvgIpc) is 2.71. The Morgan fingerprint density at radius 1 is 0.968 bits per heavy atom. The number of alkyl halides is 6. The predicted molar refractivity (Wildman–Crippen MR) is 95.5 cm³/mol. The first-order chi connectivity index (χ1) is 14.3. The maximum atomic E-state index is 13.2. The van der Waals surface area contributed by atoms with Crippen LogP contribution in [-0.4, -0.2) is 30.1 Å². The van der Waals surface area contributed by atoms with Gasteiger partial charge in [-0.25, -0.2) is 4.79 Å². The molecule has 2 aromatic rings. The number of esters is 1. The summed E-state index contributed by atoms with van der Waals surface area (Å²) in [4.78, 5) is 24.3. The summed E-state index contributed by atoms with van der Waals surface area (Å²) >= 11 is 0. The molecule has 11 heteroatoms. The number of aliphatic hydroxyl groups excluding tert-OH is 1. The van der Waals surface area contributed by atoms with Crippen molar-refractivity contribution in [3.63, 3.8) is 0 Å². The summed E-state index contributed by atoms with van der Waals surface area (Å²) in [5, 5.41) is 12.2. The molecule has 2 atom stereocenters. The van der Waals surface area contributed by atoms with Gasteiger partial charge in [0.15, 0.2) is 6.10 Å². The molecule has 0 heterocycles. The van der Waals surface area contributed by atoms with E-state index in [0.717, 1.165) is 37.4 Å². The van der Waals surface area contributed by atoms with Crippen molar-refractivity contribution >= 4 is 11.9 Å². The number of carbonyl (C=O) groups excluding carboxylic acids is 2. The number of carbonyl (C=O) groups is 2. The standard InChI is InChI=1S/C20H17F6NO4/c1-31-18(30)15(10-12-4-2-3-5-14(12)20(24,25)26)27-17(29)16(28)11-6-8-13(9-7-11)19(21,22)23/h2-9,15-16,28H,10H2,1H3,(H,27,29)/t15-,16-/m0/s1. The molecule has 1 amide bonds. The van der Waals surface area contributed by atoms with Gasteiger partial charge in [0.05, 0.1) is 18.2 Å². The van der Waals surface area contributed by atoms with Gasteiger partial charge in [-0.1, -0.05) is 30.3 Å². The summed E-state index contributed by atoms with van der Waals surface area (Å²) in [5.41, 5.74) is -2.51. The summed E-state index contributed by atoms with van der Waals surface area (Å²) in [7, 11) is 0.962. The number of amides is 1. The quantitative estimate of drug-likeness (QED) is 0.522. The molecule has 0 fully saturated rings. The van der Waals surface area contributed by atoms with Crippen LogP contribution in [0.5, 0.6) is 0 Å². The number of aliphatic hydroxyl groups is 1. The highest BCUT2D eigenvalue weighted by atomic mass is 19.4. The zero-order chi connectivity index (χ0) is 23.4. The fourth-order valence-corrected chi connectivity index (χ4v) is 2.79. The van der Waals surface area contributed by atoms with Crippen LogP contribution in [0.15, 0.2) is 48.5 Å². The van der Waals surface area contributed by atoms with Crippen LogP contribution in [0.3, 0.4) is 0 Å². The first-order valence-electron chi connectivity index (χ1n) is 8.73. The molecule has 0 saturated heterocycles. The molecule has 2 aromatic carbocycles. The number of nitrogens with one attached hydrogen (secondary N) is 1. The van der Waals surface area contributed by atoms with Gasteiger partial charge in [-0.3, -0.25) is 4.79 Å². The molecule has 0 aliphatic carbocycles. The molecular formula is C20H17F6NO4. The smallest absolute Gasteiger partial charge is 0.416 e. The van der Waals surface area contributed by atoms with E-state index < -0.39 is 53.9 Å². The van der Waals surface area contributed by atoms with Crippen LogP contribution in [0, 0.1) is 0 Å². The number of hydrogen-bond donors (Lipinski definition) is 2. The van der Waals surface area contributed by atoms with Gasteiger partial charge in [-0.15, -0.1) is 0 Å². The van der Waals surface area contributed by atoms with Crippen molar-refractivity contribution in [1.29, 1.82) is 0 Å². The summed E-state index contributed by atoms with van der Waals surface area (Å²) in [6.07, 6.45) is -11.9. The Morgan fingerprint density at radius 2 is 1.55 bits per heavy atom. The van der Waals surface area contributed by atoms with Gasteiger partial charge in [-0.05, 0) is 29.3 Å². The Bertz CT molecular complexity index is 925. The topological polar surface area (TPSA) is 75.6 Å². The summed E-state index contributed by atoms with van der Waals surface area (Å²) in [6, 6.07) is 5.89. The van der Waals surface area contributed by atoms with Crippen molar-refractivity contribution in [3.05, 3.63) is 70.8 Å². The second-order valence-corrected chi connectivity index (χ2v) is 6.47. The first kappa shape index (κ1) is 24.2. The zero-order valence-corrected chi connectivity index (χ0v) is 15.9. The predicted octanol–water partition coefficient (Wildman–Crippen LogP) is 3.66. The van der Waals surface area contributed by atoms with E-state index in [1.807, 2.05) is 0 Å². The largest absolute Gasteiger partial charge is 0.467 e. The highest BCUT2D eigenvalue weighted by Crippen LogP contribution is 2.33. The summed E-state index contributed by atoms with van der Waals surface area (Å²) in [5.74, 6) is -2.26. The van der Waals surface area contributed by atoms with Gasteiger partial charge in [0.1, 0.15) is 6.04 Å². The highest BCUT2D eigenvalue weighted by Gasteiger charge is 2.35. The molecule has 0 radical (unpaired) electrons. The lowest BCUT2D eigenvalue weighted by Crippen LogP contribution is -2.45. The van der Waals surface area contributed by atoms with E-state index in [-0.39, 0.29) is 11.1 Å². The molecule has 0 unspecified atom stereocenters. The minimum atomic E-state index is -4.71. The van der Waals surface area contributed by atoms with E-state index in [1.165, 1.54) is 6.07 Å². The average molecular weight is 449 g/mol.